The van der Waals surface area contributed by atoms with Gasteiger partial charge >= 0.3 is 68.4 Å². The Morgan fingerprint density at radius 1 is 1.22 bits per heavy atom. The summed E-state index contributed by atoms with van der Waals surface area (Å²) in [6.07, 6.45) is 9.01. The molecule has 0 fully saturated rings. The molecule has 1 rings (SSSR count). The fourth-order valence-corrected chi connectivity index (χ4v) is 3.21. The molecule has 0 N–H and O–H groups in total. The molecule has 0 heterocycles. The summed E-state index contributed by atoms with van der Waals surface area (Å²) in [6, 6.07) is 0. The van der Waals surface area contributed by atoms with Crippen LogP contribution in [0.5, 0.6) is 0 Å². The third-order valence-corrected chi connectivity index (χ3v) is 3.98. The predicted octanol–water partition coefficient (Wildman–Crippen LogP) is 2.81. The minimum atomic E-state index is 0.00521. The summed E-state index contributed by atoms with van der Waals surface area (Å²) in [5.41, 5.74) is 0. The van der Waals surface area contributed by atoms with Gasteiger partial charge in [0.05, 0.1) is 0 Å². The third kappa shape index (κ3) is 2.61. The zero-order chi connectivity index (χ0) is 6.69. The van der Waals surface area contributed by atoms with Crippen molar-refractivity contribution in [3.63, 3.8) is 0 Å². The van der Waals surface area contributed by atoms with E-state index in [1.807, 2.05) is 0 Å². The van der Waals surface area contributed by atoms with Gasteiger partial charge in [0, 0.05) is 0 Å². The fourth-order valence-electron chi connectivity index (χ4n) is 1.02. The Kier molecular flexibility index (Phi) is 2.90. The normalized spacial score (nSPS) is 17.2. The van der Waals surface area contributed by atoms with E-state index in [0.29, 0.717) is 0 Å². The van der Waals surface area contributed by atoms with Crippen LogP contribution >= 0.6 is 0 Å². The molecule has 47 valence electrons. The molecule has 0 amide bonds. The van der Waals surface area contributed by atoms with Gasteiger partial charge in [0.15, 0.2) is 0 Å². The van der Waals surface area contributed by atoms with E-state index in [1.165, 1.54) is 0 Å². The predicted molar refractivity (Wildman–Crippen MR) is 37.1 cm³/mol. The van der Waals surface area contributed by atoms with Gasteiger partial charge in [0.25, 0.3) is 0 Å². The second kappa shape index (κ2) is 3.50. The first-order chi connectivity index (χ1) is 4.29. The van der Waals surface area contributed by atoms with Crippen molar-refractivity contribution in [2.45, 2.75) is 21.2 Å². The molecule has 0 atom stereocenters. The van der Waals surface area contributed by atoms with E-state index < -0.39 is 0 Å². The van der Waals surface area contributed by atoms with Crippen LogP contribution in [0.2, 0.25) is 7.35 Å². The molecule has 0 aromatic rings. The molecule has 0 radical (unpaired) electrons. The van der Waals surface area contributed by atoms with E-state index in [1.54, 1.807) is 0 Å². The first kappa shape index (κ1) is 7.46. The van der Waals surface area contributed by atoms with Crippen molar-refractivity contribution < 1.29 is 22.9 Å². The molecule has 0 spiro atoms. The molecule has 0 aromatic carbocycles. The van der Waals surface area contributed by atoms with Crippen LogP contribution in [0.1, 0.15) is 13.8 Å². The second-order valence-electron chi connectivity index (χ2n) is 2.78. The topological polar surface area (TPSA) is 0 Å². The Balaban J connectivity index is 2.29. The molecule has 0 bridgehead atoms. The summed E-state index contributed by atoms with van der Waals surface area (Å²) in [7, 11) is 0. The summed E-state index contributed by atoms with van der Waals surface area (Å²) in [6.45, 7) is 4.67. The molecule has 0 aromatic heterocycles. The van der Waals surface area contributed by atoms with Gasteiger partial charge in [-0.2, -0.15) is 0 Å². The van der Waals surface area contributed by atoms with Gasteiger partial charge < -0.3 is 0 Å². The summed E-state index contributed by atoms with van der Waals surface area (Å²) in [5, 5.41) is 0. The van der Waals surface area contributed by atoms with Crippen LogP contribution in [0, 0.1) is 0 Å². The molecule has 0 aliphatic heterocycles. The van der Waals surface area contributed by atoms with Crippen molar-refractivity contribution in [3.8, 4) is 0 Å². The second-order valence-corrected chi connectivity index (χ2v) is 6.67. The fraction of sp³-hybridized carbons (Fsp3) is 0.500. The Morgan fingerprint density at radius 2 is 1.78 bits per heavy atom. The average Bonchev–Trinajstić information content (AvgIpc) is 2.15. The Hall–Kier alpha value is 0.350. The molecule has 9 heavy (non-hydrogen) atoms. The summed E-state index contributed by atoms with van der Waals surface area (Å²) in [5.74, 6) is 0. The molecule has 0 saturated carbocycles. The Labute approximate surface area is 68.4 Å². The van der Waals surface area contributed by atoms with Gasteiger partial charge in [-0.3, -0.25) is 0 Å². The third-order valence-electron chi connectivity index (χ3n) is 1.38. The summed E-state index contributed by atoms with van der Waals surface area (Å²) < 4.78 is 1.86. The van der Waals surface area contributed by atoms with Gasteiger partial charge in [-0.1, -0.05) is 0 Å². The molecular formula is C8H12Sc. The van der Waals surface area contributed by atoms with Crippen molar-refractivity contribution >= 4 is 0 Å². The Bertz CT molecular complexity index is 122. The van der Waals surface area contributed by atoms with Crippen LogP contribution in [-0.2, 0) is 22.9 Å². The average molecular weight is 153 g/mol. The Morgan fingerprint density at radius 3 is 2.22 bits per heavy atom. The SMILES string of the molecule is C[CH](C)[Sc][CH]1C=CC=C1. The van der Waals surface area contributed by atoms with Gasteiger partial charge in [-0.25, -0.2) is 0 Å². The van der Waals surface area contributed by atoms with Gasteiger partial charge in [0.1, 0.15) is 0 Å². The van der Waals surface area contributed by atoms with Crippen LogP contribution in [0.25, 0.3) is 0 Å². The van der Waals surface area contributed by atoms with Crippen LogP contribution < -0.4 is 0 Å². The number of allylic oxidation sites excluding steroid dienone is 4. The van der Waals surface area contributed by atoms with Gasteiger partial charge in [-0.15, -0.1) is 0 Å². The molecular weight excluding hydrogens is 141 g/mol. The van der Waals surface area contributed by atoms with Crippen LogP contribution in [0.4, 0.5) is 0 Å². The van der Waals surface area contributed by atoms with E-state index in [2.05, 4.69) is 38.2 Å². The van der Waals surface area contributed by atoms with Crippen molar-refractivity contribution in [1.29, 1.82) is 0 Å². The number of hydrogen-bond acceptors (Lipinski definition) is 0. The molecule has 1 aliphatic rings. The van der Waals surface area contributed by atoms with E-state index in [4.69, 9.17) is 0 Å². The quantitative estimate of drug-likeness (QED) is 0.572. The molecule has 1 heteroatoms. The van der Waals surface area contributed by atoms with Crippen molar-refractivity contribution in [3.05, 3.63) is 24.3 Å². The molecule has 0 nitrogen and oxygen atoms in total. The van der Waals surface area contributed by atoms with Gasteiger partial charge in [-0.05, 0) is 0 Å². The van der Waals surface area contributed by atoms with Crippen LogP contribution in [0.15, 0.2) is 24.3 Å². The van der Waals surface area contributed by atoms with Crippen molar-refractivity contribution in [1.82, 2.24) is 0 Å². The maximum atomic E-state index is 2.33. The van der Waals surface area contributed by atoms with E-state index >= 15 is 0 Å². The van der Waals surface area contributed by atoms with E-state index in [9.17, 15) is 0 Å². The van der Waals surface area contributed by atoms with Crippen LogP contribution in [-0.4, -0.2) is 0 Å². The van der Waals surface area contributed by atoms with E-state index in [0.717, 1.165) is 7.35 Å². The first-order valence-corrected chi connectivity index (χ1v) is 5.57. The maximum absolute atomic E-state index is 2.33. The molecule has 1 aliphatic carbocycles. The number of hydrogen-bond donors (Lipinski definition) is 0. The first-order valence-electron chi connectivity index (χ1n) is 3.49. The van der Waals surface area contributed by atoms with E-state index in [-0.39, 0.29) is 22.9 Å². The molecule has 0 unspecified atom stereocenters. The van der Waals surface area contributed by atoms with Crippen molar-refractivity contribution in [2.24, 2.45) is 0 Å². The van der Waals surface area contributed by atoms with Crippen LogP contribution in [0.3, 0.4) is 0 Å². The molecule has 0 saturated heterocycles. The summed E-state index contributed by atoms with van der Waals surface area (Å²) in [4.78, 5) is 0. The van der Waals surface area contributed by atoms with Crippen molar-refractivity contribution in [2.75, 3.05) is 0 Å². The monoisotopic (exact) mass is 153 g/mol. The van der Waals surface area contributed by atoms with Gasteiger partial charge in [0.2, 0.25) is 0 Å². The zero-order valence-corrected chi connectivity index (χ0v) is 7.84. The standard InChI is InChI=1S/C5H5.C3H7.Sc/c1-2-4-5-3-1;1-3-2;/h1-5H;3H,1-2H3;. The number of rotatable bonds is 2. The summed E-state index contributed by atoms with van der Waals surface area (Å²) >= 11 is 0.00521. The minimum absolute atomic E-state index is 0.00521. The zero-order valence-electron chi connectivity index (χ0n) is 6.04.